The van der Waals surface area contributed by atoms with E-state index < -0.39 is 18.3 Å². The maximum atomic E-state index is 12.2. The van der Waals surface area contributed by atoms with E-state index in [1.54, 1.807) is 18.2 Å². The topological polar surface area (TPSA) is 108 Å². The molecule has 7 heteroatoms. The van der Waals surface area contributed by atoms with Crippen molar-refractivity contribution in [2.24, 2.45) is 4.99 Å². The van der Waals surface area contributed by atoms with Gasteiger partial charge in [0.25, 0.3) is 0 Å². The van der Waals surface area contributed by atoms with Gasteiger partial charge in [0, 0.05) is 12.5 Å². The lowest BCUT2D eigenvalue weighted by molar-refractivity contribution is 0.0186. The van der Waals surface area contributed by atoms with Crippen molar-refractivity contribution < 1.29 is 24.5 Å². The first-order chi connectivity index (χ1) is 15.6. The second-order valence-corrected chi connectivity index (χ2v) is 7.52. The quantitative estimate of drug-likeness (QED) is 0.392. The van der Waals surface area contributed by atoms with Crippen molar-refractivity contribution >= 4 is 17.9 Å². The number of nitrogens with one attached hydrogen (secondary N) is 1. The third kappa shape index (κ3) is 4.45. The van der Waals surface area contributed by atoms with E-state index >= 15 is 0 Å². The fraction of sp³-hybridized carbons (Fsp3) is 0.200. The van der Waals surface area contributed by atoms with Crippen molar-refractivity contribution in [2.45, 2.75) is 18.1 Å². The van der Waals surface area contributed by atoms with Crippen molar-refractivity contribution in [1.82, 2.24) is 5.32 Å². The lowest BCUT2D eigenvalue weighted by Gasteiger charge is -2.19. The van der Waals surface area contributed by atoms with E-state index in [0.717, 1.165) is 22.3 Å². The van der Waals surface area contributed by atoms with Crippen LogP contribution in [0.3, 0.4) is 0 Å². The number of hydrogen-bond acceptors (Lipinski definition) is 6. The van der Waals surface area contributed by atoms with Gasteiger partial charge in [-0.15, -0.1) is 0 Å². The zero-order valence-corrected chi connectivity index (χ0v) is 17.1. The fourth-order valence-corrected chi connectivity index (χ4v) is 4.00. The number of fused-ring (bicyclic) bond motifs is 3. The first kappa shape index (κ1) is 21.5. The lowest BCUT2D eigenvalue weighted by Crippen LogP contribution is -2.36. The number of rotatable bonds is 7. The van der Waals surface area contributed by atoms with Crippen LogP contribution in [0, 0.1) is 0 Å². The van der Waals surface area contributed by atoms with Crippen LogP contribution in [0.5, 0.6) is 0 Å². The van der Waals surface area contributed by atoms with Crippen LogP contribution in [-0.4, -0.2) is 41.6 Å². The number of carbonyl (C=O) groups excluding carboxylic acids is 2. The molecule has 4 rings (SSSR count). The van der Waals surface area contributed by atoms with Crippen LogP contribution in [0.15, 0.2) is 77.8 Å². The molecule has 0 radical (unpaired) electrons. The molecule has 1 amide bonds. The minimum absolute atomic E-state index is 0.0650. The Morgan fingerprint density at radius 2 is 1.66 bits per heavy atom. The van der Waals surface area contributed by atoms with Crippen LogP contribution in [0.2, 0.25) is 0 Å². The zero-order chi connectivity index (χ0) is 22.5. The highest BCUT2D eigenvalue weighted by atomic mass is 16.5. The van der Waals surface area contributed by atoms with E-state index in [1.807, 2.05) is 36.4 Å². The van der Waals surface area contributed by atoms with Crippen molar-refractivity contribution in [3.05, 3.63) is 89.5 Å². The summed E-state index contributed by atoms with van der Waals surface area (Å²) in [6.07, 6.45) is -1.80. The normalized spacial score (nSPS) is 13.9. The maximum Gasteiger partial charge on any atom is 0.407 e. The number of aliphatic hydroxyl groups excluding tert-OH is 2. The molecule has 162 valence electrons. The summed E-state index contributed by atoms with van der Waals surface area (Å²) in [5, 5.41) is 23.1. The number of ether oxygens (including phenoxy) is 1. The van der Waals surface area contributed by atoms with Crippen molar-refractivity contribution in [3.8, 4) is 11.1 Å². The Balaban J connectivity index is 1.34. The van der Waals surface area contributed by atoms with E-state index in [4.69, 9.17) is 4.74 Å². The summed E-state index contributed by atoms with van der Waals surface area (Å²) >= 11 is 0. The molecule has 32 heavy (non-hydrogen) atoms. The predicted octanol–water partition coefficient (Wildman–Crippen LogP) is 3.59. The third-order valence-corrected chi connectivity index (χ3v) is 5.55. The standard InChI is InChI=1S/C25H22N2O5/c28-15-27-17-7-5-6-16(12-17)24(30)23(29)13-26-25(31)32-14-22-20-10-3-1-8-18(20)19-9-2-4-11-21(19)22/h1-12,22-24,29-30H,13-14H2,(H,26,31). The molecule has 0 fully saturated rings. The van der Waals surface area contributed by atoms with E-state index in [1.165, 1.54) is 12.1 Å². The minimum atomic E-state index is -1.27. The SMILES string of the molecule is O=C=Nc1cccc(C(O)C(O)CNC(=O)OCC2c3ccccc3-c3ccccc32)c1. The molecule has 0 aliphatic heterocycles. The Kier molecular flexibility index (Phi) is 6.42. The molecule has 1 aliphatic carbocycles. The van der Waals surface area contributed by atoms with Crippen molar-refractivity contribution in [3.63, 3.8) is 0 Å². The second kappa shape index (κ2) is 9.58. The number of isocyanates is 1. The minimum Gasteiger partial charge on any atom is -0.449 e. The van der Waals surface area contributed by atoms with Crippen LogP contribution in [0.25, 0.3) is 11.1 Å². The van der Waals surface area contributed by atoms with Crippen LogP contribution in [0.4, 0.5) is 10.5 Å². The highest BCUT2D eigenvalue weighted by molar-refractivity contribution is 5.79. The lowest BCUT2D eigenvalue weighted by atomic mass is 9.98. The molecule has 1 aliphatic rings. The molecule has 3 aromatic carbocycles. The maximum absolute atomic E-state index is 12.2. The first-order valence-corrected chi connectivity index (χ1v) is 10.2. The molecule has 7 nitrogen and oxygen atoms in total. The second-order valence-electron chi connectivity index (χ2n) is 7.52. The van der Waals surface area contributed by atoms with Gasteiger partial charge in [-0.1, -0.05) is 60.7 Å². The molecule has 3 N–H and O–H groups in total. The van der Waals surface area contributed by atoms with Gasteiger partial charge in [-0.2, -0.15) is 4.99 Å². The zero-order valence-electron chi connectivity index (χ0n) is 17.1. The van der Waals surface area contributed by atoms with Crippen LogP contribution in [-0.2, 0) is 9.53 Å². The molecular weight excluding hydrogens is 408 g/mol. The van der Waals surface area contributed by atoms with Gasteiger partial charge in [0.1, 0.15) is 18.8 Å². The summed E-state index contributed by atoms with van der Waals surface area (Å²) in [4.78, 5) is 26.1. The molecule has 2 unspecified atom stereocenters. The van der Waals surface area contributed by atoms with Gasteiger partial charge in [-0.25, -0.2) is 9.59 Å². The number of aliphatic imine (C=N–C) groups is 1. The Bertz CT molecular complexity index is 1130. The highest BCUT2D eigenvalue weighted by Crippen LogP contribution is 2.44. The number of aliphatic hydroxyl groups is 2. The fourth-order valence-electron chi connectivity index (χ4n) is 4.00. The first-order valence-electron chi connectivity index (χ1n) is 10.2. The Labute approximate surface area is 185 Å². The largest absolute Gasteiger partial charge is 0.449 e. The van der Waals surface area contributed by atoms with E-state index in [2.05, 4.69) is 22.4 Å². The number of alkyl carbamates (subject to hydrolysis) is 1. The third-order valence-electron chi connectivity index (χ3n) is 5.55. The number of hydrogen-bond donors (Lipinski definition) is 3. The van der Waals surface area contributed by atoms with Gasteiger partial charge < -0.3 is 20.3 Å². The van der Waals surface area contributed by atoms with Gasteiger partial charge in [0.2, 0.25) is 6.08 Å². The Hall–Kier alpha value is -3.77. The molecule has 0 heterocycles. The Morgan fingerprint density at radius 1 is 1.00 bits per heavy atom. The van der Waals surface area contributed by atoms with Gasteiger partial charge >= 0.3 is 6.09 Å². The van der Waals surface area contributed by atoms with Gasteiger partial charge in [0.15, 0.2) is 0 Å². The van der Waals surface area contributed by atoms with Crippen molar-refractivity contribution in [1.29, 1.82) is 0 Å². The summed E-state index contributed by atoms with van der Waals surface area (Å²) in [5.74, 6) is -0.0650. The van der Waals surface area contributed by atoms with E-state index in [9.17, 15) is 19.8 Å². The molecule has 3 aromatic rings. The molecule has 0 bridgehead atoms. The number of carbonyl (C=O) groups is 1. The number of benzene rings is 3. The number of amides is 1. The average molecular weight is 430 g/mol. The van der Waals surface area contributed by atoms with E-state index in [-0.39, 0.29) is 19.1 Å². The summed E-state index contributed by atoms with van der Waals surface area (Å²) in [6, 6.07) is 22.3. The van der Waals surface area contributed by atoms with Crippen LogP contribution < -0.4 is 5.32 Å². The van der Waals surface area contributed by atoms with Gasteiger partial charge in [0.05, 0.1) is 5.69 Å². The van der Waals surface area contributed by atoms with Gasteiger partial charge in [-0.3, -0.25) is 0 Å². The monoisotopic (exact) mass is 430 g/mol. The summed E-state index contributed by atoms with van der Waals surface area (Å²) < 4.78 is 5.43. The van der Waals surface area contributed by atoms with Gasteiger partial charge in [-0.05, 0) is 39.9 Å². The van der Waals surface area contributed by atoms with Crippen molar-refractivity contribution in [2.75, 3.05) is 13.2 Å². The summed E-state index contributed by atoms with van der Waals surface area (Å²) in [7, 11) is 0. The number of nitrogens with zero attached hydrogens (tertiary/aromatic N) is 1. The average Bonchev–Trinajstić information content (AvgIpc) is 3.15. The highest BCUT2D eigenvalue weighted by Gasteiger charge is 2.29. The van der Waals surface area contributed by atoms with Crippen LogP contribution >= 0.6 is 0 Å². The smallest absolute Gasteiger partial charge is 0.407 e. The summed E-state index contributed by atoms with van der Waals surface area (Å²) in [6.45, 7) is -0.0523. The molecule has 2 atom stereocenters. The molecule has 0 spiro atoms. The van der Waals surface area contributed by atoms with Crippen LogP contribution in [0.1, 0.15) is 28.7 Å². The molecule has 0 saturated heterocycles. The molecular formula is C25H22N2O5. The Morgan fingerprint density at radius 3 is 2.31 bits per heavy atom. The molecule has 0 aromatic heterocycles. The molecule has 0 saturated carbocycles. The predicted molar refractivity (Wildman–Crippen MR) is 118 cm³/mol. The van der Waals surface area contributed by atoms with E-state index in [0.29, 0.717) is 11.3 Å². The summed E-state index contributed by atoms with van der Waals surface area (Å²) in [5.41, 5.74) is 5.16.